The highest BCUT2D eigenvalue weighted by Crippen LogP contribution is 2.61. The Balaban J connectivity index is 0.000000209. The van der Waals surface area contributed by atoms with Crippen molar-refractivity contribution >= 4 is 50.5 Å². The number of hydrogen-bond donors (Lipinski definition) is 1. The highest BCUT2D eigenvalue weighted by Gasteiger charge is 2.16. The maximum absolute atomic E-state index is 11.9. The van der Waals surface area contributed by atoms with Crippen molar-refractivity contribution in [2.45, 2.75) is 52.4 Å². The Morgan fingerprint density at radius 3 is 1.91 bits per heavy atom. The van der Waals surface area contributed by atoms with Crippen LogP contribution in [0, 0.1) is 0 Å². The first-order valence-electron chi connectivity index (χ1n) is 14.8. The van der Waals surface area contributed by atoms with Crippen molar-refractivity contribution < 1.29 is 9.36 Å². The van der Waals surface area contributed by atoms with Gasteiger partial charge < -0.3 is 5.32 Å². The molecule has 232 valence electrons. The molecule has 0 unspecified atom stereocenters. The van der Waals surface area contributed by atoms with Gasteiger partial charge in [-0.2, -0.15) is 0 Å². The fourth-order valence-corrected chi connectivity index (χ4v) is 4.69. The quantitative estimate of drug-likeness (QED) is 0.199. The molecular formula is C36H40Cl3N2O2P. The lowest BCUT2D eigenvalue weighted by Gasteiger charge is -2.19. The van der Waals surface area contributed by atoms with E-state index in [0.717, 1.165) is 25.1 Å². The number of nitrogens with one attached hydrogen (secondary N) is 1. The molecule has 0 atom stereocenters. The summed E-state index contributed by atoms with van der Waals surface area (Å²) in [6.07, 6.45) is 1.92. The van der Waals surface area contributed by atoms with Crippen molar-refractivity contribution in [1.82, 2.24) is 5.32 Å². The second-order valence-corrected chi connectivity index (χ2v) is 17.7. The number of rotatable bonds is 7. The van der Waals surface area contributed by atoms with Crippen LogP contribution in [0.1, 0.15) is 83.3 Å². The highest BCUT2D eigenvalue weighted by molar-refractivity contribution is 8.24. The van der Waals surface area contributed by atoms with Gasteiger partial charge in [-0.3, -0.25) is 14.4 Å². The molecule has 5 rings (SSSR count). The number of aliphatic imine (C=N–C) groups is 1. The Hall–Kier alpha value is -2.88. The number of halogens is 3. The minimum Gasteiger partial charge on any atom is -0.352 e. The fourth-order valence-electron chi connectivity index (χ4n) is 4.69. The van der Waals surface area contributed by atoms with Gasteiger partial charge in [0.25, 0.3) is 5.91 Å². The Kier molecular flexibility index (Phi) is 14.2. The van der Waals surface area contributed by atoms with Crippen molar-refractivity contribution in [3.05, 3.63) is 142 Å². The lowest BCUT2D eigenvalue weighted by atomic mass is 9.89. The van der Waals surface area contributed by atoms with E-state index in [-0.39, 0.29) is 5.91 Å². The third-order valence-corrected chi connectivity index (χ3v) is 7.14. The largest absolute Gasteiger partial charge is 0.352 e. The second-order valence-electron chi connectivity index (χ2n) is 11.1. The lowest BCUT2D eigenvalue weighted by molar-refractivity contribution is 0.0954. The Bertz CT molecular complexity index is 1540. The first-order chi connectivity index (χ1) is 20.9. The van der Waals surface area contributed by atoms with E-state index < -0.39 is 5.20 Å². The van der Waals surface area contributed by atoms with E-state index in [1.54, 1.807) is 0 Å². The SMILES string of the molecule is CC(C)c1ccc(CCNC(=O)c2ccccc2)cc1.CC(C)c1ccc2c(c1)C(c1ccccc1)=NCC2.O=P(Cl)(Cl)Cl. The standard InChI is InChI=1S/C18H21NO.C18H19N.Cl3OP/c1-14(2)16-10-8-15(9-11-16)12-13-19-18(20)17-6-4-3-5-7-17;1-13(2)16-9-8-14-10-11-19-18(17(14)12-16)15-6-4-3-5-7-15;1-5(2,3)4/h3-11,14H,12-13H2,1-2H3,(H,19,20);3-9,12-13H,10-11H2,1-2H3;. The molecule has 0 radical (unpaired) electrons. The number of hydrogen-bond acceptors (Lipinski definition) is 3. The van der Waals surface area contributed by atoms with Gasteiger partial charge in [0.05, 0.1) is 5.71 Å². The van der Waals surface area contributed by atoms with Crippen molar-refractivity contribution in [1.29, 1.82) is 0 Å². The maximum Gasteiger partial charge on any atom is 0.339 e. The number of nitrogens with zero attached hydrogens (tertiary/aromatic N) is 1. The highest BCUT2D eigenvalue weighted by atomic mass is 36.0. The van der Waals surface area contributed by atoms with Gasteiger partial charge in [0, 0.05) is 29.8 Å². The van der Waals surface area contributed by atoms with E-state index in [1.165, 1.54) is 33.4 Å². The predicted octanol–water partition coefficient (Wildman–Crippen LogP) is 10.8. The number of carbonyl (C=O) groups excluding carboxylic acids is 1. The molecular weight excluding hydrogens is 630 g/mol. The van der Waals surface area contributed by atoms with Gasteiger partial charge in [0.15, 0.2) is 0 Å². The van der Waals surface area contributed by atoms with E-state index in [4.69, 9.17) is 4.99 Å². The van der Waals surface area contributed by atoms with Crippen LogP contribution >= 0.6 is 38.9 Å². The van der Waals surface area contributed by atoms with E-state index in [0.29, 0.717) is 23.9 Å². The summed E-state index contributed by atoms with van der Waals surface area (Å²) >= 11 is 13.8. The van der Waals surface area contributed by atoms with Crippen LogP contribution in [0.25, 0.3) is 0 Å². The average molecular weight is 670 g/mol. The van der Waals surface area contributed by atoms with E-state index in [1.807, 2.05) is 30.3 Å². The molecule has 0 bridgehead atoms. The van der Waals surface area contributed by atoms with Gasteiger partial charge in [-0.25, -0.2) is 0 Å². The summed E-state index contributed by atoms with van der Waals surface area (Å²) in [5, 5.41) is -0.276. The molecule has 0 saturated carbocycles. The summed E-state index contributed by atoms with van der Waals surface area (Å²) in [7, 11) is 0. The molecule has 44 heavy (non-hydrogen) atoms. The summed E-state index contributed by atoms with van der Waals surface area (Å²) in [6.45, 7) is 10.4. The zero-order valence-corrected chi connectivity index (χ0v) is 28.8. The summed E-state index contributed by atoms with van der Waals surface area (Å²) in [5.41, 5.74) is 9.84. The Morgan fingerprint density at radius 2 is 1.34 bits per heavy atom. The number of benzene rings is 4. The Morgan fingerprint density at radius 1 is 0.795 bits per heavy atom. The minimum absolute atomic E-state index is 0.00981. The van der Waals surface area contributed by atoms with Gasteiger partial charge in [-0.05, 0) is 98.9 Å². The molecule has 0 spiro atoms. The Labute approximate surface area is 276 Å². The first-order valence-corrected chi connectivity index (χ1v) is 19.2. The molecule has 4 aromatic rings. The normalized spacial score (nSPS) is 12.2. The van der Waals surface area contributed by atoms with E-state index in [9.17, 15) is 9.36 Å². The van der Waals surface area contributed by atoms with Gasteiger partial charge in [-0.15, -0.1) is 0 Å². The maximum atomic E-state index is 11.9. The third-order valence-electron chi connectivity index (χ3n) is 7.14. The van der Waals surface area contributed by atoms with Crippen LogP contribution in [0.5, 0.6) is 0 Å². The molecule has 0 aromatic heterocycles. The molecule has 8 heteroatoms. The molecule has 1 aliphatic heterocycles. The summed E-state index contributed by atoms with van der Waals surface area (Å²) in [5.74, 6) is 1.11. The zero-order chi connectivity index (χ0) is 32.1. The first kappa shape index (κ1) is 35.6. The van der Waals surface area contributed by atoms with Crippen LogP contribution in [0.15, 0.2) is 108 Å². The smallest absolute Gasteiger partial charge is 0.339 e. The molecule has 0 saturated heterocycles. The third kappa shape index (κ3) is 12.3. The van der Waals surface area contributed by atoms with Crippen LogP contribution < -0.4 is 5.32 Å². The van der Waals surface area contributed by atoms with Gasteiger partial charge in [0.1, 0.15) is 0 Å². The molecule has 1 aliphatic rings. The van der Waals surface area contributed by atoms with Crippen molar-refractivity contribution in [2.24, 2.45) is 4.99 Å². The molecule has 1 heterocycles. The molecule has 4 aromatic carbocycles. The number of fused-ring (bicyclic) bond motifs is 1. The number of carbonyl (C=O) groups is 1. The lowest BCUT2D eigenvalue weighted by Crippen LogP contribution is -2.25. The molecule has 0 aliphatic carbocycles. The molecule has 1 amide bonds. The average Bonchev–Trinajstić information content (AvgIpc) is 3.01. The van der Waals surface area contributed by atoms with Crippen molar-refractivity contribution in [3.8, 4) is 0 Å². The molecule has 1 N–H and O–H groups in total. The minimum atomic E-state index is -3.22. The van der Waals surface area contributed by atoms with Crippen LogP contribution in [-0.4, -0.2) is 24.7 Å². The van der Waals surface area contributed by atoms with Crippen LogP contribution in [-0.2, 0) is 17.4 Å². The number of amides is 1. The van der Waals surface area contributed by atoms with Crippen LogP contribution in [0.3, 0.4) is 0 Å². The fraction of sp³-hybridized carbons (Fsp3) is 0.278. The topological polar surface area (TPSA) is 58.5 Å². The van der Waals surface area contributed by atoms with Crippen molar-refractivity contribution in [2.75, 3.05) is 13.1 Å². The summed E-state index contributed by atoms with van der Waals surface area (Å²) in [4.78, 5) is 16.6. The predicted molar refractivity (Wildman–Crippen MR) is 189 cm³/mol. The summed E-state index contributed by atoms with van der Waals surface area (Å²) in [6, 6.07) is 35.3. The second kappa shape index (κ2) is 17.6. The van der Waals surface area contributed by atoms with Gasteiger partial charge in [0.2, 0.25) is 0 Å². The monoisotopic (exact) mass is 668 g/mol. The summed E-state index contributed by atoms with van der Waals surface area (Å²) < 4.78 is 9.51. The van der Waals surface area contributed by atoms with E-state index in [2.05, 4.69) is 140 Å². The van der Waals surface area contributed by atoms with Crippen LogP contribution in [0.4, 0.5) is 0 Å². The van der Waals surface area contributed by atoms with Gasteiger partial charge in [-0.1, -0.05) is 113 Å². The molecule has 4 nitrogen and oxygen atoms in total. The molecule has 0 fully saturated rings. The van der Waals surface area contributed by atoms with Crippen molar-refractivity contribution in [3.63, 3.8) is 0 Å². The van der Waals surface area contributed by atoms with Crippen LogP contribution in [0.2, 0.25) is 0 Å². The zero-order valence-electron chi connectivity index (χ0n) is 25.6. The van der Waals surface area contributed by atoms with Gasteiger partial charge >= 0.3 is 5.20 Å². The van der Waals surface area contributed by atoms with E-state index >= 15 is 0 Å².